The first-order valence-corrected chi connectivity index (χ1v) is 23.6. The third-order valence-corrected chi connectivity index (χ3v) is 14.7. The highest BCUT2D eigenvalue weighted by Gasteiger charge is 2.42. The van der Waals surface area contributed by atoms with E-state index in [1.54, 1.807) is 0 Å². The van der Waals surface area contributed by atoms with E-state index in [9.17, 15) is 0 Å². The van der Waals surface area contributed by atoms with E-state index in [0.717, 1.165) is 50.9 Å². The molecule has 2 aliphatic heterocycles. The molecule has 10 aromatic carbocycles. The van der Waals surface area contributed by atoms with Gasteiger partial charge in [0.25, 0.3) is 6.71 Å². The predicted molar refractivity (Wildman–Crippen MR) is 285 cm³/mol. The van der Waals surface area contributed by atoms with Gasteiger partial charge < -0.3 is 23.3 Å². The minimum atomic E-state index is -0.0538. The van der Waals surface area contributed by atoms with Gasteiger partial charge in [-0.2, -0.15) is 0 Å². The molecule has 6 heteroatoms. The van der Waals surface area contributed by atoms with Gasteiger partial charge in [-0.05, 0) is 121 Å². The molecule has 0 unspecified atom stereocenters. The minimum Gasteiger partial charge on any atom is -0.458 e. The highest BCUT2D eigenvalue weighted by Crippen LogP contribution is 2.50. The largest absolute Gasteiger partial charge is 0.458 e. The summed E-state index contributed by atoms with van der Waals surface area (Å²) in [6, 6.07) is 78.0. The van der Waals surface area contributed by atoms with E-state index in [1.807, 2.05) is 0 Å². The Morgan fingerprint density at radius 2 is 0.853 bits per heavy atom. The molecule has 0 amide bonds. The summed E-state index contributed by atoms with van der Waals surface area (Å²) in [5, 5.41) is 7.35. The van der Waals surface area contributed by atoms with Crippen molar-refractivity contribution in [1.29, 1.82) is 0 Å². The second-order valence-corrected chi connectivity index (χ2v) is 18.6. The molecule has 0 atom stereocenters. The maximum atomic E-state index is 7.01. The van der Waals surface area contributed by atoms with Crippen molar-refractivity contribution in [2.45, 2.75) is 13.8 Å². The lowest BCUT2D eigenvalue weighted by molar-refractivity contribution is 0.487. The zero-order valence-electron chi connectivity index (χ0n) is 37.5. The summed E-state index contributed by atoms with van der Waals surface area (Å²) < 4.78 is 14.6. The fourth-order valence-corrected chi connectivity index (χ4v) is 12.0. The van der Waals surface area contributed by atoms with Crippen molar-refractivity contribution in [1.82, 2.24) is 13.7 Å². The lowest BCUT2D eigenvalue weighted by Gasteiger charge is -2.40. The van der Waals surface area contributed by atoms with Crippen LogP contribution in [0.15, 0.2) is 212 Å². The van der Waals surface area contributed by atoms with Crippen molar-refractivity contribution >= 4 is 106 Å². The van der Waals surface area contributed by atoms with Crippen LogP contribution >= 0.6 is 0 Å². The first kappa shape index (κ1) is 37.5. The Hall–Kier alpha value is -8.74. The Morgan fingerprint density at radius 3 is 1.43 bits per heavy atom. The van der Waals surface area contributed by atoms with Gasteiger partial charge in [0.15, 0.2) is 0 Å². The number of benzene rings is 10. The van der Waals surface area contributed by atoms with Crippen LogP contribution in [0.2, 0.25) is 0 Å². The quantitative estimate of drug-likeness (QED) is 0.165. The molecule has 13 aromatic rings. The van der Waals surface area contributed by atoms with Gasteiger partial charge in [0.2, 0.25) is 0 Å². The van der Waals surface area contributed by atoms with Gasteiger partial charge in [0.05, 0.1) is 33.1 Å². The summed E-state index contributed by atoms with van der Waals surface area (Å²) in [5.74, 6) is 1.79. The van der Waals surface area contributed by atoms with E-state index in [-0.39, 0.29) is 6.71 Å². The van der Waals surface area contributed by atoms with Crippen molar-refractivity contribution in [3.63, 3.8) is 0 Å². The standard InChI is InChI=1S/C62H41BN4O/c1-38-28-31-42(32-29-38)64-52-34-30-39(2)36-47(52)63-48-37-43(33-35-54(48)68-55-27-15-26-53(64)59(55)63)67-51-25-14-11-22-46(51)58-61-56(44-20-9-12-23-49(44)65(61)40-16-5-3-6-17-40)60-57(62(58)67)45-21-10-13-24-50(45)66(60)41-18-7-4-8-19-41/h3-37H,1-2H3. The van der Waals surface area contributed by atoms with Crippen molar-refractivity contribution in [2.24, 2.45) is 0 Å². The van der Waals surface area contributed by atoms with E-state index in [4.69, 9.17) is 4.74 Å². The molecule has 5 heterocycles. The van der Waals surface area contributed by atoms with Crippen LogP contribution in [0.5, 0.6) is 11.5 Å². The molecule has 0 fully saturated rings. The van der Waals surface area contributed by atoms with Crippen LogP contribution in [-0.4, -0.2) is 20.4 Å². The van der Waals surface area contributed by atoms with E-state index in [1.165, 1.54) is 87.6 Å². The van der Waals surface area contributed by atoms with E-state index >= 15 is 0 Å². The van der Waals surface area contributed by atoms with E-state index < -0.39 is 0 Å². The van der Waals surface area contributed by atoms with Gasteiger partial charge in [-0.15, -0.1) is 0 Å². The molecule has 0 spiro atoms. The van der Waals surface area contributed by atoms with Crippen LogP contribution in [0.3, 0.4) is 0 Å². The molecule has 3 aromatic heterocycles. The molecule has 0 saturated heterocycles. The molecule has 0 bridgehead atoms. The Morgan fingerprint density at radius 1 is 0.353 bits per heavy atom. The molecule has 68 heavy (non-hydrogen) atoms. The summed E-state index contributed by atoms with van der Waals surface area (Å²) in [7, 11) is 0. The molecule has 0 radical (unpaired) electrons. The second kappa shape index (κ2) is 13.9. The second-order valence-electron chi connectivity index (χ2n) is 18.6. The van der Waals surface area contributed by atoms with Gasteiger partial charge >= 0.3 is 0 Å². The maximum Gasteiger partial charge on any atom is 0.256 e. The summed E-state index contributed by atoms with van der Waals surface area (Å²) in [6.07, 6.45) is 0. The highest BCUT2D eigenvalue weighted by molar-refractivity contribution is 6.99. The summed E-state index contributed by atoms with van der Waals surface area (Å²) in [6.45, 7) is 4.30. The zero-order chi connectivity index (χ0) is 44.8. The highest BCUT2D eigenvalue weighted by atomic mass is 16.5. The molecule has 0 saturated carbocycles. The van der Waals surface area contributed by atoms with Crippen LogP contribution in [-0.2, 0) is 0 Å². The van der Waals surface area contributed by atoms with Crippen LogP contribution in [0.25, 0.3) is 82.5 Å². The van der Waals surface area contributed by atoms with Crippen LogP contribution in [0.4, 0.5) is 17.1 Å². The Labute approximate surface area is 393 Å². The van der Waals surface area contributed by atoms with Crippen LogP contribution < -0.4 is 26.0 Å². The average Bonchev–Trinajstić information content (AvgIpc) is 4.03. The number of ether oxygens (including phenoxy) is 1. The van der Waals surface area contributed by atoms with Gasteiger partial charge in [-0.3, -0.25) is 0 Å². The van der Waals surface area contributed by atoms with Gasteiger partial charge in [-0.25, -0.2) is 0 Å². The molecular formula is C62H41BN4O. The average molecular weight is 869 g/mol. The van der Waals surface area contributed by atoms with Gasteiger partial charge in [0.1, 0.15) is 11.5 Å². The number of fused-ring (bicyclic) bond motifs is 16. The number of para-hydroxylation sites is 5. The summed E-state index contributed by atoms with van der Waals surface area (Å²) in [5.41, 5.74) is 20.0. The minimum absolute atomic E-state index is 0.0538. The Kier molecular flexibility index (Phi) is 7.66. The molecule has 5 nitrogen and oxygen atoms in total. The SMILES string of the molecule is Cc1ccc(N2c3ccc(C)cc3B3c4cc(-n5c6ccccc6c6c7c(c8ccccc8n7-c7ccccc7)c7c(c8ccccc8n7-c7ccccc7)c65)ccc4Oc4cccc2c43)cc1. The number of aryl methyl sites for hydroxylation is 2. The summed E-state index contributed by atoms with van der Waals surface area (Å²) in [4.78, 5) is 2.42. The summed E-state index contributed by atoms with van der Waals surface area (Å²) >= 11 is 0. The smallest absolute Gasteiger partial charge is 0.256 e. The van der Waals surface area contributed by atoms with Crippen molar-refractivity contribution in [3.8, 4) is 28.6 Å². The van der Waals surface area contributed by atoms with Crippen LogP contribution in [0, 0.1) is 13.8 Å². The predicted octanol–water partition coefficient (Wildman–Crippen LogP) is 14.0. The van der Waals surface area contributed by atoms with Crippen LogP contribution in [0.1, 0.15) is 11.1 Å². The van der Waals surface area contributed by atoms with Gasteiger partial charge in [-0.1, -0.05) is 132 Å². The third-order valence-electron chi connectivity index (χ3n) is 14.7. The van der Waals surface area contributed by atoms with Crippen molar-refractivity contribution in [2.75, 3.05) is 4.90 Å². The number of anilines is 3. The lowest BCUT2D eigenvalue weighted by atomic mass is 9.34. The normalized spacial score (nSPS) is 12.9. The zero-order valence-corrected chi connectivity index (χ0v) is 37.5. The topological polar surface area (TPSA) is 27.3 Å². The van der Waals surface area contributed by atoms with E-state index in [2.05, 4.69) is 245 Å². The fourth-order valence-electron chi connectivity index (χ4n) is 12.0. The number of aromatic nitrogens is 3. The number of nitrogens with zero attached hydrogens (tertiary/aromatic N) is 4. The molecule has 318 valence electrons. The van der Waals surface area contributed by atoms with Crippen molar-refractivity contribution in [3.05, 3.63) is 223 Å². The monoisotopic (exact) mass is 868 g/mol. The first-order chi connectivity index (χ1) is 33.6. The molecule has 0 N–H and O–H groups in total. The molecule has 0 aliphatic carbocycles. The lowest BCUT2D eigenvalue weighted by Crippen LogP contribution is -2.59. The number of hydrogen-bond acceptors (Lipinski definition) is 2. The third kappa shape index (κ3) is 5.01. The maximum absolute atomic E-state index is 7.01. The number of hydrogen-bond donors (Lipinski definition) is 0. The molecule has 15 rings (SSSR count). The Bertz CT molecular complexity index is 4190. The van der Waals surface area contributed by atoms with Gasteiger partial charge in [0, 0.05) is 66.4 Å². The number of rotatable bonds is 4. The van der Waals surface area contributed by atoms with E-state index in [0.29, 0.717) is 0 Å². The fraction of sp³-hybridized carbons (Fsp3) is 0.0323. The first-order valence-electron chi connectivity index (χ1n) is 23.6. The van der Waals surface area contributed by atoms with Crippen molar-refractivity contribution < 1.29 is 4.74 Å². The Balaban J connectivity index is 1.10. The molecular weight excluding hydrogens is 828 g/mol. The molecule has 2 aliphatic rings.